The van der Waals surface area contributed by atoms with Crippen molar-refractivity contribution in [2.75, 3.05) is 11.4 Å². The van der Waals surface area contributed by atoms with E-state index >= 15 is 0 Å². The van der Waals surface area contributed by atoms with E-state index in [0.717, 1.165) is 5.56 Å². The summed E-state index contributed by atoms with van der Waals surface area (Å²) >= 11 is 12.0. The van der Waals surface area contributed by atoms with E-state index in [1.807, 2.05) is 19.9 Å². The van der Waals surface area contributed by atoms with Crippen molar-refractivity contribution < 1.29 is 14.0 Å². The second-order valence-corrected chi connectivity index (χ2v) is 8.83. The van der Waals surface area contributed by atoms with E-state index in [9.17, 15) is 9.59 Å². The molecule has 0 N–H and O–H groups in total. The van der Waals surface area contributed by atoms with Gasteiger partial charge in [0.2, 0.25) is 23.6 Å². The molecule has 7 nitrogen and oxygen atoms in total. The number of carbonyl (C=O) groups is 2. The van der Waals surface area contributed by atoms with Crippen molar-refractivity contribution in [3.05, 3.63) is 64.5 Å². The lowest BCUT2D eigenvalue weighted by molar-refractivity contribution is -0.138. The molecule has 1 aromatic heterocycles. The monoisotopic (exact) mass is 472 g/mol. The summed E-state index contributed by atoms with van der Waals surface area (Å²) < 4.78 is 5.78. The molecular weight excluding hydrogens is 451 g/mol. The fourth-order valence-corrected chi connectivity index (χ4v) is 4.00. The van der Waals surface area contributed by atoms with Crippen molar-refractivity contribution in [2.45, 2.75) is 32.9 Å². The number of nitrogens with zero attached hydrogens (tertiary/aromatic N) is 4. The highest BCUT2D eigenvalue weighted by molar-refractivity contribution is 6.31. The number of hydrogen-bond acceptors (Lipinski definition) is 5. The zero-order valence-electron chi connectivity index (χ0n) is 17.7. The number of halogens is 2. The molecule has 166 valence electrons. The maximum Gasteiger partial charge on any atom is 0.247 e. The van der Waals surface area contributed by atoms with Gasteiger partial charge >= 0.3 is 0 Å². The van der Waals surface area contributed by atoms with E-state index in [4.69, 9.17) is 27.6 Å². The summed E-state index contributed by atoms with van der Waals surface area (Å²) in [5.74, 6) is 0.00724. The van der Waals surface area contributed by atoms with Crippen LogP contribution in [0.25, 0.3) is 11.5 Å². The maximum atomic E-state index is 13.3. The zero-order valence-corrected chi connectivity index (χ0v) is 19.2. The lowest BCUT2D eigenvalue weighted by Crippen LogP contribution is -2.41. The Morgan fingerprint density at radius 1 is 1.16 bits per heavy atom. The number of carbonyl (C=O) groups excluding carboxylic acids is 2. The van der Waals surface area contributed by atoms with Crippen LogP contribution in [-0.4, -0.2) is 39.5 Å². The average Bonchev–Trinajstić information content (AvgIpc) is 3.38. The largest absolute Gasteiger partial charge is 0.419 e. The summed E-state index contributed by atoms with van der Waals surface area (Å²) in [5, 5.41) is 9.34. The molecular formula is C23H22Cl2N4O3. The maximum absolute atomic E-state index is 13.3. The predicted molar refractivity (Wildman–Crippen MR) is 122 cm³/mol. The van der Waals surface area contributed by atoms with Crippen molar-refractivity contribution in [1.82, 2.24) is 15.1 Å². The van der Waals surface area contributed by atoms with Gasteiger partial charge in [-0.1, -0.05) is 29.3 Å². The van der Waals surface area contributed by atoms with Crippen molar-refractivity contribution >= 4 is 40.7 Å². The molecule has 0 radical (unpaired) electrons. The van der Waals surface area contributed by atoms with Crippen LogP contribution < -0.4 is 4.90 Å². The number of anilines is 1. The summed E-state index contributed by atoms with van der Waals surface area (Å²) in [4.78, 5) is 29.2. The van der Waals surface area contributed by atoms with E-state index < -0.39 is 5.92 Å². The van der Waals surface area contributed by atoms with Crippen LogP contribution in [0.2, 0.25) is 10.0 Å². The van der Waals surface area contributed by atoms with Gasteiger partial charge in [0.15, 0.2) is 0 Å². The van der Waals surface area contributed by atoms with E-state index in [2.05, 4.69) is 10.2 Å². The third-order valence-electron chi connectivity index (χ3n) is 5.36. The van der Waals surface area contributed by atoms with Crippen LogP contribution in [0.5, 0.6) is 0 Å². The summed E-state index contributed by atoms with van der Waals surface area (Å²) in [5.41, 5.74) is 1.44. The highest BCUT2D eigenvalue weighted by atomic mass is 35.5. The fraction of sp³-hybridized carbons (Fsp3) is 0.304. The minimum absolute atomic E-state index is 0.0999. The van der Waals surface area contributed by atoms with Gasteiger partial charge in [-0.25, -0.2) is 0 Å². The van der Waals surface area contributed by atoms with Crippen molar-refractivity contribution in [3.63, 3.8) is 0 Å². The lowest BCUT2D eigenvalue weighted by atomic mass is 10.1. The molecule has 0 bridgehead atoms. The Balaban J connectivity index is 1.48. The van der Waals surface area contributed by atoms with Gasteiger partial charge in [-0.2, -0.15) is 0 Å². The van der Waals surface area contributed by atoms with Crippen LogP contribution in [0.4, 0.5) is 5.69 Å². The molecule has 9 heteroatoms. The third kappa shape index (κ3) is 4.79. The fourth-order valence-electron chi connectivity index (χ4n) is 3.69. The predicted octanol–water partition coefficient (Wildman–Crippen LogP) is 4.83. The molecule has 32 heavy (non-hydrogen) atoms. The molecule has 1 saturated heterocycles. The van der Waals surface area contributed by atoms with Gasteiger partial charge in [-0.05, 0) is 56.3 Å². The molecule has 3 aromatic rings. The van der Waals surface area contributed by atoms with Crippen LogP contribution in [0, 0.1) is 5.92 Å². The molecule has 1 unspecified atom stereocenters. The summed E-state index contributed by atoms with van der Waals surface area (Å²) in [6, 6.07) is 14.0. The van der Waals surface area contributed by atoms with Gasteiger partial charge in [-0.3, -0.25) is 9.59 Å². The normalized spacial score (nSPS) is 16.1. The quantitative estimate of drug-likeness (QED) is 0.512. The summed E-state index contributed by atoms with van der Waals surface area (Å²) in [6.45, 7) is 4.31. The van der Waals surface area contributed by atoms with Crippen molar-refractivity contribution in [3.8, 4) is 11.5 Å². The Labute approximate surface area is 195 Å². The summed E-state index contributed by atoms with van der Waals surface area (Å²) in [7, 11) is 0. The second-order valence-electron chi connectivity index (χ2n) is 7.95. The van der Waals surface area contributed by atoms with Gasteiger partial charge in [-0.15, -0.1) is 10.2 Å². The highest BCUT2D eigenvalue weighted by Gasteiger charge is 2.38. The van der Waals surface area contributed by atoms with E-state index in [-0.39, 0.29) is 30.8 Å². The minimum atomic E-state index is -0.456. The van der Waals surface area contributed by atoms with Crippen LogP contribution >= 0.6 is 23.2 Å². The first kappa shape index (κ1) is 22.3. The smallest absolute Gasteiger partial charge is 0.247 e. The first-order chi connectivity index (χ1) is 15.3. The van der Waals surface area contributed by atoms with Crippen molar-refractivity contribution in [2.24, 2.45) is 5.92 Å². The van der Waals surface area contributed by atoms with Crippen LogP contribution in [0.15, 0.2) is 52.9 Å². The number of aromatic nitrogens is 2. The Morgan fingerprint density at radius 2 is 1.91 bits per heavy atom. The van der Waals surface area contributed by atoms with Crippen LogP contribution in [0.3, 0.4) is 0 Å². The molecule has 2 heterocycles. The second kappa shape index (κ2) is 9.30. The van der Waals surface area contributed by atoms with Gasteiger partial charge < -0.3 is 14.2 Å². The minimum Gasteiger partial charge on any atom is -0.419 e. The average molecular weight is 473 g/mol. The lowest BCUT2D eigenvalue weighted by Gasteiger charge is -2.28. The van der Waals surface area contributed by atoms with E-state index in [0.29, 0.717) is 34.1 Å². The molecule has 0 aliphatic carbocycles. The standard InChI is InChI=1S/C23H22Cl2N4O3/c1-14(2)28(13-20-26-27-22(32-20)15-6-8-17(24)9-7-15)23(31)16-10-21(30)29(12-16)19-5-3-4-18(25)11-19/h3-9,11,14,16H,10,12-13H2,1-2H3. The first-order valence-electron chi connectivity index (χ1n) is 10.3. The van der Waals surface area contributed by atoms with Gasteiger partial charge in [0, 0.05) is 40.3 Å². The van der Waals surface area contributed by atoms with Gasteiger partial charge in [0.25, 0.3) is 0 Å². The molecule has 1 aliphatic heterocycles. The molecule has 1 fully saturated rings. The Hall–Kier alpha value is -2.90. The zero-order chi connectivity index (χ0) is 22.8. The number of benzene rings is 2. The molecule has 2 amide bonds. The van der Waals surface area contributed by atoms with Gasteiger partial charge in [0.1, 0.15) is 0 Å². The first-order valence-corrected chi connectivity index (χ1v) is 11.0. The Bertz CT molecular complexity index is 1130. The highest BCUT2D eigenvalue weighted by Crippen LogP contribution is 2.29. The molecule has 0 saturated carbocycles. The Kier molecular flexibility index (Phi) is 6.48. The van der Waals surface area contributed by atoms with Gasteiger partial charge in [0.05, 0.1) is 12.5 Å². The Morgan fingerprint density at radius 3 is 2.59 bits per heavy atom. The van der Waals surface area contributed by atoms with E-state index in [1.54, 1.807) is 52.3 Å². The molecule has 1 aliphatic rings. The number of amides is 2. The molecule has 4 rings (SSSR count). The molecule has 1 atom stereocenters. The SMILES string of the molecule is CC(C)N(Cc1nnc(-c2ccc(Cl)cc2)o1)C(=O)C1CC(=O)N(c2cccc(Cl)c2)C1. The van der Waals surface area contributed by atoms with Crippen molar-refractivity contribution in [1.29, 1.82) is 0 Å². The van der Waals surface area contributed by atoms with Crippen LogP contribution in [-0.2, 0) is 16.1 Å². The van der Waals surface area contributed by atoms with Crippen LogP contribution in [0.1, 0.15) is 26.2 Å². The number of hydrogen-bond donors (Lipinski definition) is 0. The number of rotatable bonds is 6. The van der Waals surface area contributed by atoms with E-state index in [1.165, 1.54) is 0 Å². The molecule has 0 spiro atoms. The third-order valence-corrected chi connectivity index (χ3v) is 5.85. The molecule has 2 aromatic carbocycles. The topological polar surface area (TPSA) is 79.5 Å². The summed E-state index contributed by atoms with van der Waals surface area (Å²) in [6.07, 6.45) is 0.147.